The highest BCUT2D eigenvalue weighted by Gasteiger charge is 2.43. The van der Waals surface area contributed by atoms with Crippen LogP contribution in [0.4, 0.5) is 8.78 Å². The molecule has 0 aliphatic carbocycles. The fraction of sp³-hybridized carbons (Fsp3) is 0.231. The van der Waals surface area contributed by atoms with E-state index >= 15 is 0 Å². The molecule has 2 aromatic heterocycles. The highest BCUT2D eigenvalue weighted by atomic mass is 31.2. The van der Waals surface area contributed by atoms with Gasteiger partial charge in [-0.2, -0.15) is 5.10 Å². The molecule has 3 rings (SSSR count). The van der Waals surface area contributed by atoms with Gasteiger partial charge < -0.3 is 14.4 Å². The normalized spacial score (nSPS) is 14.3. The molecule has 0 radical (unpaired) electrons. The summed E-state index contributed by atoms with van der Waals surface area (Å²) in [6.45, 7) is -0.605. The summed E-state index contributed by atoms with van der Waals surface area (Å²) >= 11 is 0. The van der Waals surface area contributed by atoms with E-state index in [9.17, 15) is 23.1 Å². The fourth-order valence-corrected chi connectivity index (χ4v) is 3.26. The Morgan fingerprint density at radius 1 is 1.15 bits per heavy atom. The number of rotatable bonds is 7. The minimum atomic E-state index is -5.10. The summed E-state index contributed by atoms with van der Waals surface area (Å²) in [5, 5.41) is 11.1. The lowest BCUT2D eigenvalue weighted by Crippen LogP contribution is -2.39. The van der Waals surface area contributed by atoms with Gasteiger partial charge in [0, 0.05) is 11.6 Å². The van der Waals surface area contributed by atoms with Crippen molar-refractivity contribution in [1.82, 2.24) is 29.5 Å². The highest BCUT2D eigenvalue weighted by molar-refractivity contribution is 7.46. The van der Waals surface area contributed by atoms with E-state index in [1.54, 1.807) is 0 Å². The first kappa shape index (κ1) is 18.3. The topological polar surface area (TPSA) is 128 Å². The van der Waals surface area contributed by atoms with E-state index in [0.717, 1.165) is 12.1 Å². The van der Waals surface area contributed by atoms with Gasteiger partial charge in [0.05, 0.1) is 13.1 Å². The molecule has 0 saturated carbocycles. The van der Waals surface area contributed by atoms with Crippen LogP contribution in [0.25, 0.3) is 0 Å². The van der Waals surface area contributed by atoms with Crippen LogP contribution in [-0.4, -0.2) is 39.3 Å². The van der Waals surface area contributed by atoms with Crippen molar-refractivity contribution in [2.45, 2.75) is 18.7 Å². The standard InChI is InChI=1S/C13H13F2N6O4P/c14-10-1-2-11(12(15)3-10)13(25-26(22,23)24,4-20-8-17-18-9-20)5-21-7-16-6-19-21/h1-3,6-9H,4-5H2,(H2,22,23,24). The zero-order chi connectivity index (χ0) is 18.8. The maximum Gasteiger partial charge on any atom is 0.470 e. The van der Waals surface area contributed by atoms with Gasteiger partial charge in [-0.1, -0.05) is 6.07 Å². The fourth-order valence-electron chi connectivity index (χ4n) is 2.59. The molecule has 26 heavy (non-hydrogen) atoms. The smallest absolute Gasteiger partial charge is 0.317 e. The summed E-state index contributed by atoms with van der Waals surface area (Å²) in [5.74, 6) is -1.88. The zero-order valence-electron chi connectivity index (χ0n) is 13.1. The molecule has 1 aromatic carbocycles. The number of hydrogen-bond acceptors (Lipinski definition) is 6. The lowest BCUT2D eigenvalue weighted by Gasteiger charge is -2.34. The molecule has 0 bridgehead atoms. The number of aromatic nitrogens is 6. The van der Waals surface area contributed by atoms with Gasteiger partial charge in [0.15, 0.2) is 0 Å². The van der Waals surface area contributed by atoms with Crippen molar-refractivity contribution in [1.29, 1.82) is 0 Å². The first-order valence-electron chi connectivity index (χ1n) is 7.14. The van der Waals surface area contributed by atoms with Crippen LogP contribution < -0.4 is 0 Å². The van der Waals surface area contributed by atoms with Crippen molar-refractivity contribution in [3.8, 4) is 0 Å². The average Bonchev–Trinajstić information content (AvgIpc) is 3.19. The lowest BCUT2D eigenvalue weighted by molar-refractivity contribution is -0.00562. The lowest BCUT2D eigenvalue weighted by atomic mass is 9.92. The van der Waals surface area contributed by atoms with Gasteiger partial charge in [-0.3, -0.25) is 4.52 Å². The molecular formula is C13H13F2N6O4P. The second kappa shape index (κ2) is 7.00. The molecule has 1 atom stereocenters. The molecule has 0 saturated heterocycles. The van der Waals surface area contributed by atoms with Crippen LogP contribution in [0, 0.1) is 11.6 Å². The van der Waals surface area contributed by atoms with Crippen LogP contribution in [0.2, 0.25) is 0 Å². The van der Waals surface area contributed by atoms with Crippen LogP contribution in [0.3, 0.4) is 0 Å². The second-order valence-corrected chi connectivity index (χ2v) is 6.59. The Kier molecular flexibility index (Phi) is 4.92. The van der Waals surface area contributed by atoms with E-state index in [-0.39, 0.29) is 18.7 Å². The Morgan fingerprint density at radius 3 is 2.46 bits per heavy atom. The highest BCUT2D eigenvalue weighted by Crippen LogP contribution is 2.47. The largest absolute Gasteiger partial charge is 0.470 e. The third-order valence-corrected chi connectivity index (χ3v) is 4.09. The Balaban J connectivity index is 2.16. The van der Waals surface area contributed by atoms with E-state index in [0.29, 0.717) is 6.07 Å². The van der Waals surface area contributed by atoms with E-state index in [2.05, 4.69) is 20.3 Å². The predicted octanol–water partition coefficient (Wildman–Crippen LogP) is 0.853. The quantitative estimate of drug-likeness (QED) is 0.572. The van der Waals surface area contributed by atoms with Gasteiger partial charge in [0.25, 0.3) is 0 Å². The van der Waals surface area contributed by atoms with Gasteiger partial charge in [-0.25, -0.2) is 23.0 Å². The summed E-state index contributed by atoms with van der Waals surface area (Å²) in [6.07, 6.45) is 4.99. The molecule has 0 amide bonds. The number of phosphoric acid groups is 1. The molecule has 10 nitrogen and oxygen atoms in total. The Morgan fingerprint density at radius 2 is 1.88 bits per heavy atom. The van der Waals surface area contributed by atoms with Crippen LogP contribution in [-0.2, 0) is 27.8 Å². The van der Waals surface area contributed by atoms with Crippen LogP contribution in [0.5, 0.6) is 0 Å². The number of halogens is 2. The SMILES string of the molecule is O=P(O)(O)OC(Cn1cnnc1)(Cn1cncn1)c1ccc(F)cc1F. The van der Waals surface area contributed by atoms with Gasteiger partial charge >= 0.3 is 7.82 Å². The summed E-state index contributed by atoms with van der Waals surface area (Å²) in [5.41, 5.74) is -2.22. The maximum absolute atomic E-state index is 14.5. The van der Waals surface area contributed by atoms with Crippen molar-refractivity contribution in [2.24, 2.45) is 0 Å². The molecule has 3 aromatic rings. The molecule has 0 spiro atoms. The van der Waals surface area contributed by atoms with E-state index in [1.165, 1.54) is 34.6 Å². The Bertz CT molecular complexity index is 879. The summed E-state index contributed by atoms with van der Waals surface area (Å²) in [4.78, 5) is 22.6. The van der Waals surface area contributed by atoms with Crippen molar-refractivity contribution in [2.75, 3.05) is 0 Å². The average molecular weight is 386 g/mol. The van der Waals surface area contributed by atoms with Crippen molar-refractivity contribution >= 4 is 7.82 Å². The molecule has 2 N–H and O–H groups in total. The summed E-state index contributed by atoms with van der Waals surface area (Å²) in [7, 11) is -5.10. The minimum absolute atomic E-state index is 0.272. The van der Waals surface area contributed by atoms with Gasteiger partial charge in [-0.05, 0) is 6.07 Å². The molecule has 138 valence electrons. The number of benzene rings is 1. The molecule has 13 heteroatoms. The second-order valence-electron chi connectivity index (χ2n) is 5.43. The van der Waals surface area contributed by atoms with Gasteiger partial charge in [-0.15, -0.1) is 10.2 Å². The first-order chi connectivity index (χ1) is 12.3. The van der Waals surface area contributed by atoms with Crippen molar-refractivity contribution in [3.05, 3.63) is 60.7 Å². The van der Waals surface area contributed by atoms with Gasteiger partial charge in [0.2, 0.25) is 0 Å². The Hall–Kier alpha value is -2.53. The molecule has 1 unspecified atom stereocenters. The molecule has 0 aliphatic rings. The van der Waals surface area contributed by atoms with Crippen LogP contribution in [0.15, 0.2) is 43.5 Å². The Labute approximate surface area is 145 Å². The minimum Gasteiger partial charge on any atom is -0.317 e. The maximum atomic E-state index is 14.5. The number of nitrogens with zero attached hydrogens (tertiary/aromatic N) is 6. The molecule has 0 aliphatic heterocycles. The van der Waals surface area contributed by atoms with Crippen LogP contribution in [0.1, 0.15) is 5.56 Å². The number of hydrogen-bond donors (Lipinski definition) is 2. The third kappa shape index (κ3) is 4.17. The predicted molar refractivity (Wildman–Crippen MR) is 81.2 cm³/mol. The molecule has 2 heterocycles. The van der Waals surface area contributed by atoms with Crippen molar-refractivity contribution < 1.29 is 27.7 Å². The monoisotopic (exact) mass is 386 g/mol. The molecule has 0 fully saturated rings. The summed E-state index contributed by atoms with van der Waals surface area (Å²) < 4.78 is 47.1. The zero-order valence-corrected chi connectivity index (χ0v) is 13.9. The number of phosphoric ester groups is 1. The van der Waals surface area contributed by atoms with E-state index in [4.69, 9.17) is 4.52 Å². The first-order valence-corrected chi connectivity index (χ1v) is 8.67. The van der Waals surface area contributed by atoms with Gasteiger partial charge in [0.1, 0.15) is 42.5 Å². The van der Waals surface area contributed by atoms with E-state index in [1.807, 2.05) is 0 Å². The molecular weight excluding hydrogens is 373 g/mol. The third-order valence-electron chi connectivity index (χ3n) is 3.50. The summed E-state index contributed by atoms with van der Waals surface area (Å²) in [6, 6.07) is 2.62. The van der Waals surface area contributed by atoms with E-state index < -0.39 is 25.1 Å². The van der Waals surface area contributed by atoms with Crippen molar-refractivity contribution in [3.63, 3.8) is 0 Å². The van der Waals surface area contributed by atoms with Crippen LogP contribution >= 0.6 is 7.82 Å².